The fraction of sp³-hybridized carbons (Fsp3) is 0.100. The van der Waals surface area contributed by atoms with Crippen LogP contribution in [0.15, 0.2) is 39.1 Å². The smallest absolute Gasteiger partial charge is 0.123 e. The van der Waals surface area contributed by atoms with Gasteiger partial charge in [-0.05, 0) is 40.2 Å². The average Bonchev–Trinajstić information content (AvgIpc) is 2.64. The van der Waals surface area contributed by atoms with Crippen LogP contribution in [0.25, 0.3) is 0 Å². The first-order valence-electron chi connectivity index (χ1n) is 4.32. The number of halogens is 1. The number of hydrogen-bond donors (Lipinski definition) is 1. The van der Waals surface area contributed by atoms with Crippen molar-refractivity contribution >= 4 is 44.8 Å². The van der Waals surface area contributed by atoms with E-state index < -0.39 is 0 Å². The van der Waals surface area contributed by atoms with E-state index in [1.807, 2.05) is 18.3 Å². The quantitative estimate of drug-likeness (QED) is 0.877. The first-order chi connectivity index (χ1) is 7.24. The number of nitrogens with zero attached hydrogens (tertiary/aromatic N) is 1. The number of thiophene rings is 1. The van der Waals surface area contributed by atoms with Gasteiger partial charge in [-0.2, -0.15) is 0 Å². The predicted octanol–water partition coefficient (Wildman–Crippen LogP) is 3.78. The molecule has 78 valence electrons. The predicted molar refractivity (Wildman–Crippen MR) is 70.2 cm³/mol. The van der Waals surface area contributed by atoms with Crippen molar-refractivity contribution in [3.63, 3.8) is 0 Å². The van der Waals surface area contributed by atoms with E-state index >= 15 is 0 Å². The van der Waals surface area contributed by atoms with Crippen LogP contribution in [0.5, 0.6) is 0 Å². The molecule has 0 spiro atoms. The largest absolute Gasteiger partial charge is 0.384 e. The van der Waals surface area contributed by atoms with Crippen molar-refractivity contribution in [1.29, 1.82) is 0 Å². The van der Waals surface area contributed by atoms with Crippen molar-refractivity contribution in [2.45, 2.75) is 10.6 Å². The molecule has 0 radical (unpaired) electrons. The Morgan fingerprint density at radius 1 is 1.33 bits per heavy atom. The van der Waals surface area contributed by atoms with E-state index in [0.29, 0.717) is 5.82 Å². The van der Waals surface area contributed by atoms with Crippen LogP contribution in [0, 0.1) is 0 Å². The van der Waals surface area contributed by atoms with Crippen LogP contribution in [0.4, 0.5) is 5.82 Å². The number of nitrogen functional groups attached to an aromatic ring is 1. The summed E-state index contributed by atoms with van der Waals surface area (Å²) in [7, 11) is 0. The van der Waals surface area contributed by atoms with E-state index in [2.05, 4.69) is 33.0 Å². The van der Waals surface area contributed by atoms with E-state index in [0.717, 1.165) is 10.6 Å². The fourth-order valence-corrected chi connectivity index (χ4v) is 3.45. The number of aromatic nitrogens is 1. The molecule has 0 aliphatic carbocycles. The van der Waals surface area contributed by atoms with E-state index in [1.54, 1.807) is 23.1 Å². The molecule has 0 unspecified atom stereocenters. The summed E-state index contributed by atoms with van der Waals surface area (Å²) >= 11 is 6.98. The summed E-state index contributed by atoms with van der Waals surface area (Å²) < 4.78 is 1.17. The number of rotatable bonds is 3. The van der Waals surface area contributed by atoms with Gasteiger partial charge in [0.2, 0.25) is 0 Å². The molecule has 15 heavy (non-hydrogen) atoms. The molecule has 0 aliphatic heterocycles. The van der Waals surface area contributed by atoms with Crippen LogP contribution in [0.3, 0.4) is 0 Å². The molecule has 2 N–H and O–H groups in total. The molecule has 0 saturated heterocycles. The Balaban J connectivity index is 1.96. The van der Waals surface area contributed by atoms with E-state index in [-0.39, 0.29) is 0 Å². The summed E-state index contributed by atoms with van der Waals surface area (Å²) in [5.41, 5.74) is 5.51. The molecule has 2 aromatic rings. The normalized spacial score (nSPS) is 10.5. The van der Waals surface area contributed by atoms with Crippen LogP contribution in [0.1, 0.15) is 4.88 Å². The molecule has 2 nitrogen and oxygen atoms in total. The second-order valence-corrected chi connectivity index (χ2v) is 6.51. The van der Waals surface area contributed by atoms with Crippen LogP contribution in [-0.4, -0.2) is 4.98 Å². The van der Waals surface area contributed by atoms with Gasteiger partial charge in [0.25, 0.3) is 0 Å². The van der Waals surface area contributed by atoms with Crippen molar-refractivity contribution in [2.75, 3.05) is 5.73 Å². The molecular weight excluding hydrogens is 292 g/mol. The first kappa shape index (κ1) is 11.0. The molecule has 0 bridgehead atoms. The molecule has 0 fully saturated rings. The van der Waals surface area contributed by atoms with Crippen LogP contribution < -0.4 is 5.73 Å². The zero-order valence-corrected chi connectivity index (χ0v) is 11.0. The van der Waals surface area contributed by atoms with Crippen molar-refractivity contribution < 1.29 is 0 Å². The summed E-state index contributed by atoms with van der Waals surface area (Å²) in [6.45, 7) is 0. The zero-order chi connectivity index (χ0) is 10.7. The number of hydrogen-bond acceptors (Lipinski definition) is 4. The summed E-state index contributed by atoms with van der Waals surface area (Å²) in [5.74, 6) is 1.54. The highest BCUT2D eigenvalue weighted by Crippen LogP contribution is 2.28. The number of pyridine rings is 1. The third-order valence-electron chi connectivity index (χ3n) is 1.77. The average molecular weight is 301 g/mol. The molecule has 0 aromatic carbocycles. The van der Waals surface area contributed by atoms with E-state index in [9.17, 15) is 0 Å². The summed E-state index contributed by atoms with van der Waals surface area (Å²) in [6.07, 6.45) is 1.81. The standard InChI is InChI=1S/C10H9BrN2S2/c11-9-3-1-8(15-9)6-14-7-2-4-10(12)13-5-7/h1-5H,6H2,(H2,12,13). The Morgan fingerprint density at radius 3 is 2.80 bits per heavy atom. The SMILES string of the molecule is Nc1ccc(SCc2ccc(Br)s2)cn1. The van der Waals surface area contributed by atoms with Gasteiger partial charge in [0.05, 0.1) is 3.79 Å². The van der Waals surface area contributed by atoms with E-state index in [4.69, 9.17) is 5.73 Å². The molecule has 2 heterocycles. The monoisotopic (exact) mass is 300 g/mol. The Kier molecular flexibility index (Phi) is 3.66. The van der Waals surface area contributed by atoms with Gasteiger partial charge in [-0.3, -0.25) is 0 Å². The maximum absolute atomic E-state index is 5.51. The van der Waals surface area contributed by atoms with Gasteiger partial charge in [-0.25, -0.2) is 4.98 Å². The number of thioether (sulfide) groups is 1. The first-order valence-corrected chi connectivity index (χ1v) is 6.92. The molecule has 0 amide bonds. The summed E-state index contributed by atoms with van der Waals surface area (Å²) in [6, 6.07) is 8.02. The second kappa shape index (κ2) is 5.01. The molecule has 2 aromatic heterocycles. The Morgan fingerprint density at radius 2 is 2.20 bits per heavy atom. The van der Waals surface area contributed by atoms with Crippen molar-refractivity contribution in [3.8, 4) is 0 Å². The molecule has 0 saturated carbocycles. The van der Waals surface area contributed by atoms with Gasteiger partial charge in [0, 0.05) is 21.7 Å². The van der Waals surface area contributed by atoms with E-state index in [1.165, 1.54) is 8.66 Å². The van der Waals surface area contributed by atoms with Crippen LogP contribution in [0.2, 0.25) is 0 Å². The molecule has 5 heteroatoms. The lowest BCUT2D eigenvalue weighted by Crippen LogP contribution is -1.87. The van der Waals surface area contributed by atoms with Gasteiger partial charge in [0.1, 0.15) is 5.82 Å². The highest BCUT2D eigenvalue weighted by Gasteiger charge is 1.99. The highest BCUT2D eigenvalue weighted by molar-refractivity contribution is 9.11. The zero-order valence-electron chi connectivity index (χ0n) is 7.81. The molecule has 2 rings (SSSR count). The van der Waals surface area contributed by atoms with Gasteiger partial charge in [0.15, 0.2) is 0 Å². The summed E-state index contributed by atoms with van der Waals surface area (Å²) in [4.78, 5) is 6.55. The van der Waals surface area contributed by atoms with Crippen LogP contribution in [-0.2, 0) is 5.75 Å². The number of anilines is 1. The maximum atomic E-state index is 5.51. The molecule has 0 aliphatic rings. The third-order valence-corrected chi connectivity index (χ3v) is 4.61. The van der Waals surface area contributed by atoms with Gasteiger partial charge in [-0.1, -0.05) is 0 Å². The third kappa shape index (κ3) is 3.22. The Hall–Kier alpha value is -0.520. The van der Waals surface area contributed by atoms with Crippen molar-refractivity contribution in [1.82, 2.24) is 4.98 Å². The van der Waals surface area contributed by atoms with Crippen LogP contribution >= 0.6 is 39.0 Å². The second-order valence-electron chi connectivity index (χ2n) is 2.91. The van der Waals surface area contributed by atoms with Gasteiger partial charge < -0.3 is 5.73 Å². The Bertz CT molecular complexity index is 439. The molecular formula is C10H9BrN2S2. The van der Waals surface area contributed by atoms with Crippen molar-refractivity contribution in [3.05, 3.63) is 39.1 Å². The lowest BCUT2D eigenvalue weighted by Gasteiger charge is -1.99. The fourth-order valence-electron chi connectivity index (χ4n) is 1.06. The topological polar surface area (TPSA) is 38.9 Å². The summed E-state index contributed by atoms with van der Waals surface area (Å²) in [5, 5.41) is 0. The highest BCUT2D eigenvalue weighted by atomic mass is 79.9. The van der Waals surface area contributed by atoms with Gasteiger partial charge >= 0.3 is 0 Å². The van der Waals surface area contributed by atoms with Gasteiger partial charge in [-0.15, -0.1) is 23.1 Å². The molecule has 0 atom stereocenters. The lowest BCUT2D eigenvalue weighted by atomic mass is 10.5. The number of nitrogens with two attached hydrogens (primary N) is 1. The Labute approximate surface area is 105 Å². The maximum Gasteiger partial charge on any atom is 0.123 e. The van der Waals surface area contributed by atoms with Crippen molar-refractivity contribution in [2.24, 2.45) is 0 Å². The minimum absolute atomic E-state index is 0.568. The minimum Gasteiger partial charge on any atom is -0.384 e. The lowest BCUT2D eigenvalue weighted by molar-refractivity contribution is 1.24. The minimum atomic E-state index is 0.568.